The molecule has 0 saturated heterocycles. The van der Waals surface area contributed by atoms with Crippen molar-refractivity contribution in [2.24, 2.45) is 0 Å². The Morgan fingerprint density at radius 1 is 0.607 bits per heavy atom. The third-order valence-corrected chi connectivity index (χ3v) is 4.22. The average Bonchev–Trinajstić information content (AvgIpc) is 2.66. The van der Waals surface area contributed by atoms with Crippen molar-refractivity contribution in [3.8, 4) is 0 Å². The summed E-state index contributed by atoms with van der Waals surface area (Å²) in [5.41, 5.74) is 16.7. The first-order chi connectivity index (χ1) is 12.7. The molecule has 0 aliphatic heterocycles. The summed E-state index contributed by atoms with van der Waals surface area (Å²) in [5.74, 6) is 0. The molecular weight excluding hydrogens is 484 g/mol. The van der Waals surface area contributed by atoms with Gasteiger partial charge in [-0.05, 0) is 12.1 Å². The van der Waals surface area contributed by atoms with E-state index in [1.54, 1.807) is 0 Å². The molecule has 0 aliphatic rings. The van der Waals surface area contributed by atoms with Crippen LogP contribution in [0.2, 0.25) is 0 Å². The van der Waals surface area contributed by atoms with Gasteiger partial charge in [0.1, 0.15) is 11.4 Å². The van der Waals surface area contributed by atoms with E-state index in [0.717, 1.165) is 33.8 Å². The van der Waals surface area contributed by atoms with Crippen LogP contribution >= 0.6 is 0 Å². The number of hydrogen-bond acceptors (Lipinski definition) is 4. The van der Waals surface area contributed by atoms with Gasteiger partial charge >= 0.3 is 0 Å². The molecule has 0 radical (unpaired) electrons. The third-order valence-electron chi connectivity index (χ3n) is 4.22. The number of benzene rings is 1. The standard InChI is InChI=1S/C20H18N6.2BrH/c21-15-5-9-25(10-6-15)13-19-20(14-26-11-7-16(22)8-12-26)24-18-4-2-1-3-17(18)23-19;;/h1-12,21-22H,13-14H2;2*1H. The van der Waals surface area contributed by atoms with Crippen molar-refractivity contribution in [1.29, 1.82) is 0 Å². The van der Waals surface area contributed by atoms with E-state index in [-0.39, 0.29) is 34.0 Å². The fraction of sp³-hybridized carbons (Fsp3) is 0.100. The van der Waals surface area contributed by atoms with Gasteiger partial charge in [0.25, 0.3) is 0 Å². The number of fused-ring (bicyclic) bond motifs is 1. The highest BCUT2D eigenvalue weighted by Crippen LogP contribution is 2.13. The summed E-state index contributed by atoms with van der Waals surface area (Å²) < 4.78 is 4.10. The van der Waals surface area contributed by atoms with Gasteiger partial charge in [0.15, 0.2) is 37.9 Å². The number of nitrogens with zero attached hydrogens (tertiary/aromatic N) is 4. The van der Waals surface area contributed by atoms with E-state index in [2.05, 4.69) is 0 Å². The minimum atomic E-state index is 0. The highest BCUT2D eigenvalue weighted by Gasteiger charge is 2.17. The van der Waals surface area contributed by atoms with Gasteiger partial charge < -0.3 is 45.4 Å². The number of halogens is 2. The van der Waals surface area contributed by atoms with E-state index in [1.165, 1.54) is 0 Å². The van der Waals surface area contributed by atoms with Crippen LogP contribution < -0.4 is 54.6 Å². The first-order valence-electron chi connectivity index (χ1n) is 8.41. The lowest BCUT2D eigenvalue weighted by molar-refractivity contribution is -0.694. The quantitative estimate of drug-likeness (QED) is 0.275. The van der Waals surface area contributed by atoms with Crippen molar-refractivity contribution in [2.75, 3.05) is 11.5 Å². The molecule has 4 rings (SSSR count). The van der Waals surface area contributed by atoms with Crippen molar-refractivity contribution in [2.45, 2.75) is 13.1 Å². The summed E-state index contributed by atoms with van der Waals surface area (Å²) in [5, 5.41) is 0. The number of hydrogen-bond donors (Lipinski definition) is 2. The zero-order valence-electron chi connectivity index (χ0n) is 15.0. The van der Waals surface area contributed by atoms with E-state index >= 15 is 0 Å². The minimum absolute atomic E-state index is 0. The summed E-state index contributed by atoms with van der Waals surface area (Å²) in [4.78, 5) is 9.71. The fourth-order valence-corrected chi connectivity index (χ4v) is 2.82. The lowest BCUT2D eigenvalue weighted by atomic mass is 10.2. The largest absolute Gasteiger partial charge is 1.00 e. The molecule has 0 unspecified atom stereocenters. The van der Waals surface area contributed by atoms with Crippen molar-refractivity contribution >= 4 is 22.4 Å². The zero-order chi connectivity index (χ0) is 17.9. The molecular formula is C20H20Br2N6. The molecule has 0 amide bonds. The van der Waals surface area contributed by atoms with Crippen LogP contribution in [-0.2, 0) is 13.1 Å². The fourth-order valence-electron chi connectivity index (χ4n) is 2.82. The van der Waals surface area contributed by atoms with Crippen LogP contribution in [-0.4, -0.2) is 9.97 Å². The van der Waals surface area contributed by atoms with E-state index in [4.69, 9.17) is 21.4 Å². The van der Waals surface area contributed by atoms with E-state index in [9.17, 15) is 0 Å². The van der Waals surface area contributed by atoms with Crippen molar-refractivity contribution in [1.82, 2.24) is 9.97 Å². The Morgan fingerprint density at radius 2 is 0.964 bits per heavy atom. The van der Waals surface area contributed by atoms with Gasteiger partial charge in [0, 0.05) is 35.6 Å². The number of nitrogens with two attached hydrogens (primary N) is 2. The number of para-hydroxylation sites is 2. The highest BCUT2D eigenvalue weighted by atomic mass is 79.9. The predicted molar refractivity (Wildman–Crippen MR) is 99.8 cm³/mol. The second kappa shape index (κ2) is 9.57. The van der Waals surface area contributed by atoms with E-state index in [1.807, 2.05) is 82.5 Å². The van der Waals surface area contributed by atoms with Crippen LogP contribution in [0.1, 0.15) is 11.4 Å². The molecule has 0 spiro atoms. The minimum Gasteiger partial charge on any atom is -1.00 e. The third kappa shape index (κ3) is 5.02. The molecule has 0 fully saturated rings. The maximum absolute atomic E-state index is 5.78. The number of anilines is 2. The monoisotopic (exact) mass is 502 g/mol. The average molecular weight is 504 g/mol. The SMILES string of the molecule is Nc1cc[n+](Cc2nc3ccccc3nc2C[n+]2ccc(N)cc2)cc1.[Br-].[Br-]. The molecule has 4 N–H and O–H groups in total. The lowest BCUT2D eigenvalue weighted by Crippen LogP contribution is -3.00. The molecule has 28 heavy (non-hydrogen) atoms. The topological polar surface area (TPSA) is 85.6 Å². The molecule has 6 nitrogen and oxygen atoms in total. The van der Waals surface area contributed by atoms with Crippen LogP contribution in [0.15, 0.2) is 73.3 Å². The Labute approximate surface area is 184 Å². The molecule has 0 atom stereocenters. The summed E-state index contributed by atoms with van der Waals surface area (Å²) in [6, 6.07) is 15.4. The van der Waals surface area contributed by atoms with Crippen LogP contribution in [0.5, 0.6) is 0 Å². The summed E-state index contributed by atoms with van der Waals surface area (Å²) in [6.07, 6.45) is 7.80. The molecule has 0 saturated carbocycles. The van der Waals surface area contributed by atoms with Gasteiger partial charge in [-0.3, -0.25) is 0 Å². The second-order valence-corrected chi connectivity index (χ2v) is 6.21. The lowest BCUT2D eigenvalue weighted by Gasteiger charge is -2.06. The normalized spacial score (nSPS) is 10.1. The number of pyridine rings is 2. The molecule has 3 heterocycles. The molecule has 0 aliphatic carbocycles. The summed E-state index contributed by atoms with van der Waals surface area (Å²) in [6.45, 7) is 1.26. The molecule has 144 valence electrons. The molecule has 0 bridgehead atoms. The summed E-state index contributed by atoms with van der Waals surface area (Å²) >= 11 is 0. The summed E-state index contributed by atoms with van der Waals surface area (Å²) in [7, 11) is 0. The van der Waals surface area contributed by atoms with Crippen LogP contribution in [0.25, 0.3) is 11.0 Å². The Kier molecular flexibility index (Phi) is 7.42. The first kappa shape index (κ1) is 21.7. The number of rotatable bonds is 4. The molecule has 4 aromatic rings. The maximum Gasteiger partial charge on any atom is 0.192 e. The zero-order valence-corrected chi connectivity index (χ0v) is 18.2. The van der Waals surface area contributed by atoms with Gasteiger partial charge in [-0.1, -0.05) is 12.1 Å². The van der Waals surface area contributed by atoms with E-state index < -0.39 is 0 Å². The first-order valence-corrected chi connectivity index (χ1v) is 8.41. The molecule has 1 aromatic carbocycles. The van der Waals surface area contributed by atoms with Gasteiger partial charge in [-0.25, -0.2) is 9.97 Å². The highest BCUT2D eigenvalue weighted by molar-refractivity contribution is 5.74. The van der Waals surface area contributed by atoms with Crippen molar-refractivity contribution in [3.05, 3.63) is 84.7 Å². The number of nitrogen functional groups attached to an aromatic ring is 2. The van der Waals surface area contributed by atoms with Gasteiger partial charge in [0.2, 0.25) is 0 Å². The Balaban J connectivity index is 0.00000140. The Bertz CT molecular complexity index is 966. The van der Waals surface area contributed by atoms with Gasteiger partial charge in [-0.2, -0.15) is 9.13 Å². The molecule has 3 aromatic heterocycles. The van der Waals surface area contributed by atoms with Gasteiger partial charge in [-0.15, -0.1) is 0 Å². The second-order valence-electron chi connectivity index (χ2n) is 6.21. The Hall–Kier alpha value is -2.58. The maximum atomic E-state index is 5.78. The van der Waals surface area contributed by atoms with Gasteiger partial charge in [0.05, 0.1) is 11.0 Å². The number of aromatic nitrogens is 4. The van der Waals surface area contributed by atoms with E-state index in [0.29, 0.717) is 13.1 Å². The van der Waals surface area contributed by atoms with Crippen LogP contribution in [0, 0.1) is 0 Å². The van der Waals surface area contributed by atoms with Crippen molar-refractivity contribution in [3.63, 3.8) is 0 Å². The van der Waals surface area contributed by atoms with Crippen LogP contribution in [0.3, 0.4) is 0 Å². The van der Waals surface area contributed by atoms with Crippen LogP contribution in [0.4, 0.5) is 11.4 Å². The van der Waals surface area contributed by atoms with Crippen molar-refractivity contribution < 1.29 is 43.1 Å². The smallest absolute Gasteiger partial charge is 0.192 e. The Morgan fingerprint density at radius 3 is 1.32 bits per heavy atom. The predicted octanol–water partition coefficient (Wildman–Crippen LogP) is -4.53. The molecule has 8 heteroatoms.